The highest BCUT2D eigenvalue weighted by Crippen LogP contribution is 2.14. The Kier molecular flexibility index (Phi) is 5.80. The largest absolute Gasteiger partial charge is 0.298 e. The first-order chi connectivity index (χ1) is 8.52. The molecule has 0 atom stereocenters. The molecule has 3 heteroatoms. The molecule has 0 aliphatic heterocycles. The van der Waals surface area contributed by atoms with E-state index in [9.17, 15) is 4.39 Å². The van der Waals surface area contributed by atoms with Crippen molar-refractivity contribution in [3.63, 3.8) is 0 Å². The molecule has 0 N–H and O–H groups in total. The van der Waals surface area contributed by atoms with E-state index in [2.05, 4.69) is 24.8 Å². The summed E-state index contributed by atoms with van der Waals surface area (Å²) in [5.41, 5.74) is 2.11. The Morgan fingerprint density at radius 1 is 1.39 bits per heavy atom. The standard InChI is InChI=1S/C15H21FN2/c1-12(2)10-18(8-4-7-17)11-14-5-6-15(16)9-13(14)3/h5-6,9,12H,4,8,10-11H2,1-3H3. The van der Waals surface area contributed by atoms with Gasteiger partial charge in [-0.15, -0.1) is 0 Å². The van der Waals surface area contributed by atoms with Crippen LogP contribution in [0.15, 0.2) is 18.2 Å². The quantitative estimate of drug-likeness (QED) is 0.770. The Morgan fingerprint density at radius 2 is 2.11 bits per heavy atom. The Bertz CT molecular complexity index is 421. The highest BCUT2D eigenvalue weighted by atomic mass is 19.1. The molecule has 0 spiro atoms. The van der Waals surface area contributed by atoms with Crippen LogP contribution in [-0.2, 0) is 6.54 Å². The van der Waals surface area contributed by atoms with Crippen LogP contribution < -0.4 is 0 Å². The summed E-state index contributed by atoms with van der Waals surface area (Å²) >= 11 is 0. The van der Waals surface area contributed by atoms with Crippen LogP contribution in [0.5, 0.6) is 0 Å². The molecule has 2 nitrogen and oxygen atoms in total. The van der Waals surface area contributed by atoms with Crippen LogP contribution >= 0.6 is 0 Å². The van der Waals surface area contributed by atoms with Crippen LogP contribution in [-0.4, -0.2) is 18.0 Å². The van der Waals surface area contributed by atoms with Gasteiger partial charge in [0.05, 0.1) is 6.07 Å². The van der Waals surface area contributed by atoms with Crippen molar-refractivity contribution in [2.45, 2.75) is 33.7 Å². The molecule has 0 saturated heterocycles. The van der Waals surface area contributed by atoms with Gasteiger partial charge in [-0.1, -0.05) is 19.9 Å². The average molecular weight is 248 g/mol. The Hall–Kier alpha value is -1.40. The minimum Gasteiger partial charge on any atom is -0.298 e. The summed E-state index contributed by atoms with van der Waals surface area (Å²) in [7, 11) is 0. The van der Waals surface area contributed by atoms with Crippen molar-refractivity contribution >= 4 is 0 Å². The number of nitriles is 1. The van der Waals surface area contributed by atoms with Gasteiger partial charge in [0.2, 0.25) is 0 Å². The molecule has 1 rings (SSSR count). The van der Waals surface area contributed by atoms with Crippen molar-refractivity contribution in [3.05, 3.63) is 35.1 Å². The molecule has 0 fully saturated rings. The second-order valence-electron chi connectivity index (χ2n) is 5.11. The maximum absolute atomic E-state index is 13.0. The summed E-state index contributed by atoms with van der Waals surface area (Å²) in [5, 5.41) is 8.68. The van der Waals surface area contributed by atoms with Gasteiger partial charge in [-0.25, -0.2) is 4.39 Å². The van der Waals surface area contributed by atoms with Gasteiger partial charge in [0, 0.05) is 26.1 Å². The van der Waals surface area contributed by atoms with E-state index in [1.54, 1.807) is 6.07 Å². The van der Waals surface area contributed by atoms with E-state index in [1.165, 1.54) is 6.07 Å². The lowest BCUT2D eigenvalue weighted by Gasteiger charge is -2.24. The second-order valence-corrected chi connectivity index (χ2v) is 5.11. The summed E-state index contributed by atoms with van der Waals surface area (Å²) in [5.74, 6) is 0.369. The first-order valence-electron chi connectivity index (χ1n) is 6.37. The first-order valence-corrected chi connectivity index (χ1v) is 6.37. The number of nitrogens with zero attached hydrogens (tertiary/aromatic N) is 2. The lowest BCUT2D eigenvalue weighted by molar-refractivity contribution is 0.241. The van der Waals surface area contributed by atoms with E-state index in [1.807, 2.05) is 13.0 Å². The third-order valence-electron chi connectivity index (χ3n) is 2.86. The molecule has 0 heterocycles. The van der Waals surface area contributed by atoms with E-state index in [0.29, 0.717) is 12.3 Å². The van der Waals surface area contributed by atoms with E-state index in [-0.39, 0.29) is 5.82 Å². The zero-order valence-corrected chi connectivity index (χ0v) is 11.4. The zero-order valence-electron chi connectivity index (χ0n) is 11.4. The monoisotopic (exact) mass is 248 g/mol. The molecule has 0 saturated carbocycles. The summed E-state index contributed by atoms with van der Waals surface area (Å²) in [6, 6.07) is 7.08. The Morgan fingerprint density at radius 3 is 2.67 bits per heavy atom. The van der Waals surface area contributed by atoms with Gasteiger partial charge in [-0.05, 0) is 36.1 Å². The highest BCUT2D eigenvalue weighted by molar-refractivity contribution is 5.26. The van der Waals surface area contributed by atoms with Crippen molar-refractivity contribution in [1.29, 1.82) is 5.26 Å². The van der Waals surface area contributed by atoms with E-state index in [0.717, 1.165) is 30.8 Å². The molecular weight excluding hydrogens is 227 g/mol. The van der Waals surface area contributed by atoms with Gasteiger partial charge < -0.3 is 0 Å². The van der Waals surface area contributed by atoms with Crippen molar-refractivity contribution in [3.8, 4) is 6.07 Å². The average Bonchev–Trinajstić information content (AvgIpc) is 2.29. The summed E-state index contributed by atoms with van der Waals surface area (Å²) in [6.07, 6.45) is 0.535. The minimum atomic E-state index is -0.191. The number of halogens is 1. The third-order valence-corrected chi connectivity index (χ3v) is 2.86. The highest BCUT2D eigenvalue weighted by Gasteiger charge is 2.09. The maximum atomic E-state index is 13.0. The predicted octanol–water partition coefficient (Wildman–Crippen LogP) is 3.51. The molecule has 0 aliphatic rings. The molecule has 0 unspecified atom stereocenters. The molecule has 0 radical (unpaired) electrons. The lowest BCUT2D eigenvalue weighted by Crippen LogP contribution is -2.28. The number of hydrogen-bond donors (Lipinski definition) is 0. The van der Waals surface area contributed by atoms with Gasteiger partial charge in [-0.3, -0.25) is 4.90 Å². The smallest absolute Gasteiger partial charge is 0.123 e. The molecule has 0 amide bonds. The minimum absolute atomic E-state index is 0.191. The Labute approximate surface area is 109 Å². The van der Waals surface area contributed by atoms with Crippen LogP contribution in [0.2, 0.25) is 0 Å². The van der Waals surface area contributed by atoms with E-state index in [4.69, 9.17) is 5.26 Å². The van der Waals surface area contributed by atoms with Crippen molar-refractivity contribution < 1.29 is 4.39 Å². The summed E-state index contributed by atoms with van der Waals surface area (Å²) < 4.78 is 13.0. The van der Waals surface area contributed by atoms with Crippen LogP contribution in [0.25, 0.3) is 0 Å². The second kappa shape index (κ2) is 7.13. The van der Waals surface area contributed by atoms with Gasteiger partial charge in [0.25, 0.3) is 0 Å². The van der Waals surface area contributed by atoms with Gasteiger partial charge in [0.15, 0.2) is 0 Å². The zero-order chi connectivity index (χ0) is 13.5. The number of benzene rings is 1. The number of aryl methyl sites for hydroxylation is 1. The van der Waals surface area contributed by atoms with Crippen LogP contribution in [0.4, 0.5) is 4.39 Å². The van der Waals surface area contributed by atoms with E-state index < -0.39 is 0 Å². The van der Waals surface area contributed by atoms with Crippen molar-refractivity contribution in [2.24, 2.45) is 5.92 Å². The SMILES string of the molecule is Cc1cc(F)ccc1CN(CCC#N)CC(C)C. The summed E-state index contributed by atoms with van der Waals surface area (Å²) in [4.78, 5) is 2.26. The molecule has 98 valence electrons. The van der Waals surface area contributed by atoms with Crippen LogP contribution in [0, 0.1) is 30.0 Å². The van der Waals surface area contributed by atoms with Gasteiger partial charge in [0.1, 0.15) is 5.82 Å². The molecule has 0 bridgehead atoms. The topological polar surface area (TPSA) is 27.0 Å². The lowest BCUT2D eigenvalue weighted by atomic mass is 10.1. The van der Waals surface area contributed by atoms with Crippen molar-refractivity contribution in [1.82, 2.24) is 4.90 Å². The molecule has 0 aliphatic carbocycles. The Balaban J connectivity index is 2.72. The first kappa shape index (κ1) is 14.7. The molecule has 1 aromatic rings. The predicted molar refractivity (Wildman–Crippen MR) is 71.5 cm³/mol. The fraction of sp³-hybridized carbons (Fsp3) is 0.533. The van der Waals surface area contributed by atoms with Gasteiger partial charge in [-0.2, -0.15) is 5.26 Å². The number of rotatable bonds is 6. The van der Waals surface area contributed by atoms with E-state index >= 15 is 0 Å². The molecule has 0 aromatic heterocycles. The normalized spacial score (nSPS) is 10.9. The molecular formula is C15H21FN2. The maximum Gasteiger partial charge on any atom is 0.123 e. The van der Waals surface area contributed by atoms with Crippen LogP contribution in [0.3, 0.4) is 0 Å². The molecule has 18 heavy (non-hydrogen) atoms. The third kappa shape index (κ3) is 4.85. The van der Waals surface area contributed by atoms with Gasteiger partial charge >= 0.3 is 0 Å². The number of hydrogen-bond acceptors (Lipinski definition) is 2. The fourth-order valence-electron chi connectivity index (χ4n) is 2.04. The van der Waals surface area contributed by atoms with Crippen LogP contribution in [0.1, 0.15) is 31.4 Å². The fourth-order valence-corrected chi connectivity index (χ4v) is 2.04. The van der Waals surface area contributed by atoms with Crippen molar-refractivity contribution in [2.75, 3.05) is 13.1 Å². The molecule has 1 aromatic carbocycles. The summed E-state index contributed by atoms with van der Waals surface area (Å²) in [6.45, 7) is 8.76.